The van der Waals surface area contributed by atoms with Crippen molar-refractivity contribution in [3.63, 3.8) is 0 Å². The lowest BCUT2D eigenvalue weighted by Gasteiger charge is -2.21. The number of aryl methyl sites for hydroxylation is 1. The number of aromatic amines is 1. The van der Waals surface area contributed by atoms with E-state index in [4.69, 9.17) is 0 Å². The zero-order valence-corrected chi connectivity index (χ0v) is 14.4. The van der Waals surface area contributed by atoms with Crippen molar-refractivity contribution in [2.24, 2.45) is 0 Å². The van der Waals surface area contributed by atoms with E-state index in [0.717, 1.165) is 36.2 Å². The molecule has 2 aromatic rings. The van der Waals surface area contributed by atoms with Gasteiger partial charge in [-0.05, 0) is 46.0 Å². The minimum absolute atomic E-state index is 0.0210. The molecule has 1 heterocycles. The minimum Gasteiger partial charge on any atom is -0.344 e. The Balaban J connectivity index is 2.16. The topological polar surface area (TPSA) is 61.0 Å². The van der Waals surface area contributed by atoms with Crippen LogP contribution in [0.3, 0.4) is 0 Å². The fourth-order valence-corrected chi connectivity index (χ4v) is 2.62. The Morgan fingerprint density at radius 3 is 2.57 bits per heavy atom. The molecule has 0 saturated heterocycles. The average Bonchev–Trinajstić information content (AvgIpc) is 2.92. The third-order valence-electron chi connectivity index (χ3n) is 4.05. The molecule has 1 atom stereocenters. The largest absolute Gasteiger partial charge is 0.344 e. The lowest BCUT2D eigenvalue weighted by molar-refractivity contribution is 0.0927. The van der Waals surface area contributed by atoms with Gasteiger partial charge in [0.1, 0.15) is 0 Å². The second-order valence-electron chi connectivity index (χ2n) is 6.06. The Morgan fingerprint density at radius 2 is 2.00 bits per heavy atom. The summed E-state index contributed by atoms with van der Waals surface area (Å²) in [5.41, 5.74) is 3.56. The summed E-state index contributed by atoms with van der Waals surface area (Å²) in [4.78, 5) is 14.7. The normalized spacial score (nSPS) is 12.4. The molecule has 5 nitrogen and oxygen atoms in total. The summed E-state index contributed by atoms with van der Waals surface area (Å²) in [6.45, 7) is 4.89. The monoisotopic (exact) mass is 314 g/mol. The number of carbonyl (C=O) groups is 1. The van der Waals surface area contributed by atoms with E-state index >= 15 is 0 Å². The number of aromatic nitrogens is 2. The standard InChI is InChI=1S/C18H26N4O/c1-5-15-13(2)17(21-20-15)18(23)19-16(11-12-22(3)4)14-9-7-6-8-10-14/h6-10,16H,5,11-12H2,1-4H3,(H,19,23)(H,20,21)/t16-/m0/s1. The van der Waals surface area contributed by atoms with Crippen molar-refractivity contribution in [3.8, 4) is 0 Å². The van der Waals surface area contributed by atoms with E-state index < -0.39 is 0 Å². The molecular weight excluding hydrogens is 288 g/mol. The molecule has 0 aliphatic carbocycles. The van der Waals surface area contributed by atoms with Crippen LogP contribution in [0.2, 0.25) is 0 Å². The van der Waals surface area contributed by atoms with E-state index in [0.29, 0.717) is 5.69 Å². The maximum absolute atomic E-state index is 12.6. The van der Waals surface area contributed by atoms with E-state index in [1.165, 1.54) is 0 Å². The summed E-state index contributed by atoms with van der Waals surface area (Å²) in [6.07, 6.45) is 1.70. The van der Waals surface area contributed by atoms with Crippen LogP contribution in [-0.2, 0) is 6.42 Å². The second kappa shape index (κ2) is 7.92. The number of carbonyl (C=O) groups excluding carboxylic acids is 1. The Morgan fingerprint density at radius 1 is 1.30 bits per heavy atom. The number of hydrogen-bond acceptors (Lipinski definition) is 3. The molecule has 0 unspecified atom stereocenters. The van der Waals surface area contributed by atoms with Gasteiger partial charge in [0.15, 0.2) is 5.69 Å². The van der Waals surface area contributed by atoms with Crippen LogP contribution in [-0.4, -0.2) is 41.6 Å². The van der Waals surface area contributed by atoms with E-state index in [-0.39, 0.29) is 11.9 Å². The van der Waals surface area contributed by atoms with Gasteiger partial charge in [-0.3, -0.25) is 9.89 Å². The number of nitrogens with zero attached hydrogens (tertiary/aromatic N) is 2. The quantitative estimate of drug-likeness (QED) is 0.826. The van der Waals surface area contributed by atoms with Crippen LogP contribution in [0.4, 0.5) is 0 Å². The molecule has 0 bridgehead atoms. The van der Waals surface area contributed by atoms with Crippen molar-refractivity contribution >= 4 is 5.91 Å². The fourth-order valence-electron chi connectivity index (χ4n) is 2.62. The number of hydrogen-bond donors (Lipinski definition) is 2. The van der Waals surface area contributed by atoms with E-state index in [1.54, 1.807) is 0 Å². The van der Waals surface area contributed by atoms with Crippen molar-refractivity contribution in [2.45, 2.75) is 32.7 Å². The Hall–Kier alpha value is -2.14. The predicted octanol–water partition coefficient (Wildman–Crippen LogP) is 2.70. The highest BCUT2D eigenvalue weighted by Crippen LogP contribution is 2.18. The maximum atomic E-state index is 12.6. The molecule has 0 aliphatic rings. The van der Waals surface area contributed by atoms with Crippen LogP contribution in [0.25, 0.3) is 0 Å². The SMILES string of the molecule is CCc1[nH]nc(C(=O)N[C@@H](CCN(C)C)c2ccccc2)c1C. The Bertz CT molecular complexity index is 634. The molecule has 1 aromatic heterocycles. The zero-order valence-electron chi connectivity index (χ0n) is 14.4. The molecular formula is C18H26N4O. The highest BCUT2D eigenvalue weighted by molar-refractivity contribution is 5.94. The van der Waals surface area contributed by atoms with Crippen LogP contribution in [0.1, 0.15) is 46.7 Å². The predicted molar refractivity (Wildman–Crippen MR) is 92.5 cm³/mol. The molecule has 0 radical (unpaired) electrons. The van der Waals surface area contributed by atoms with Crippen LogP contribution in [0.15, 0.2) is 30.3 Å². The number of H-pyrrole nitrogens is 1. The molecule has 1 amide bonds. The van der Waals surface area contributed by atoms with Gasteiger partial charge >= 0.3 is 0 Å². The van der Waals surface area contributed by atoms with E-state index in [2.05, 4.69) is 32.5 Å². The van der Waals surface area contributed by atoms with Gasteiger partial charge in [0.05, 0.1) is 6.04 Å². The summed E-state index contributed by atoms with van der Waals surface area (Å²) in [7, 11) is 4.07. The van der Waals surface area contributed by atoms with Gasteiger partial charge in [-0.2, -0.15) is 5.10 Å². The van der Waals surface area contributed by atoms with Crippen molar-refractivity contribution < 1.29 is 4.79 Å². The Labute approximate surface area is 138 Å². The van der Waals surface area contributed by atoms with Gasteiger partial charge in [-0.15, -0.1) is 0 Å². The third kappa shape index (κ3) is 4.42. The smallest absolute Gasteiger partial charge is 0.272 e. The third-order valence-corrected chi connectivity index (χ3v) is 4.05. The zero-order chi connectivity index (χ0) is 16.8. The summed E-state index contributed by atoms with van der Waals surface area (Å²) in [6, 6.07) is 10.1. The summed E-state index contributed by atoms with van der Waals surface area (Å²) >= 11 is 0. The van der Waals surface area contributed by atoms with Crippen molar-refractivity contribution in [1.29, 1.82) is 0 Å². The molecule has 23 heavy (non-hydrogen) atoms. The van der Waals surface area contributed by atoms with Gasteiger partial charge in [-0.25, -0.2) is 0 Å². The van der Waals surface area contributed by atoms with E-state index in [1.807, 2.05) is 46.1 Å². The van der Waals surface area contributed by atoms with Gasteiger partial charge in [0.2, 0.25) is 0 Å². The lowest BCUT2D eigenvalue weighted by Crippen LogP contribution is -2.31. The van der Waals surface area contributed by atoms with Crippen LogP contribution < -0.4 is 5.32 Å². The fraction of sp³-hybridized carbons (Fsp3) is 0.444. The van der Waals surface area contributed by atoms with E-state index in [9.17, 15) is 4.79 Å². The van der Waals surface area contributed by atoms with Crippen molar-refractivity contribution in [3.05, 3.63) is 52.8 Å². The second-order valence-corrected chi connectivity index (χ2v) is 6.06. The maximum Gasteiger partial charge on any atom is 0.272 e. The molecule has 0 spiro atoms. The molecule has 1 aromatic carbocycles. The molecule has 2 N–H and O–H groups in total. The number of amides is 1. The van der Waals surface area contributed by atoms with Crippen LogP contribution in [0, 0.1) is 6.92 Å². The van der Waals surface area contributed by atoms with Gasteiger partial charge in [0, 0.05) is 11.3 Å². The van der Waals surface area contributed by atoms with Crippen molar-refractivity contribution in [2.75, 3.05) is 20.6 Å². The van der Waals surface area contributed by atoms with Gasteiger partial charge in [-0.1, -0.05) is 37.3 Å². The van der Waals surface area contributed by atoms with Gasteiger partial charge < -0.3 is 10.2 Å². The Kier molecular flexibility index (Phi) is 5.93. The molecule has 0 fully saturated rings. The van der Waals surface area contributed by atoms with Crippen LogP contribution >= 0.6 is 0 Å². The minimum atomic E-state index is -0.119. The molecule has 2 rings (SSSR count). The first-order chi connectivity index (χ1) is 11.0. The lowest BCUT2D eigenvalue weighted by atomic mass is 10.0. The first-order valence-electron chi connectivity index (χ1n) is 8.07. The molecule has 0 aliphatic heterocycles. The van der Waals surface area contributed by atoms with Crippen molar-refractivity contribution in [1.82, 2.24) is 20.4 Å². The summed E-state index contributed by atoms with van der Waals surface area (Å²) in [5, 5.41) is 10.3. The molecule has 0 saturated carbocycles. The number of rotatable bonds is 7. The van der Waals surface area contributed by atoms with Gasteiger partial charge in [0.25, 0.3) is 5.91 Å². The molecule has 124 valence electrons. The highest BCUT2D eigenvalue weighted by Gasteiger charge is 2.20. The average molecular weight is 314 g/mol. The number of benzene rings is 1. The first-order valence-corrected chi connectivity index (χ1v) is 8.07. The molecule has 5 heteroatoms. The number of nitrogens with one attached hydrogen (secondary N) is 2. The summed E-state index contributed by atoms with van der Waals surface area (Å²) in [5.74, 6) is -0.119. The van der Waals surface area contributed by atoms with Crippen LogP contribution in [0.5, 0.6) is 0 Å². The summed E-state index contributed by atoms with van der Waals surface area (Å²) < 4.78 is 0. The first kappa shape index (κ1) is 17.2. The highest BCUT2D eigenvalue weighted by atomic mass is 16.2.